The van der Waals surface area contributed by atoms with E-state index in [1.165, 1.54) is 35.3 Å². The number of carbonyl (C=O) groups excluding carboxylic acids is 1. The summed E-state index contributed by atoms with van der Waals surface area (Å²) in [6.45, 7) is 5.21. The van der Waals surface area contributed by atoms with E-state index in [1.54, 1.807) is 13.3 Å². The molecule has 2 aliphatic rings. The van der Waals surface area contributed by atoms with E-state index in [2.05, 4.69) is 54.1 Å². The lowest BCUT2D eigenvalue weighted by Gasteiger charge is -2.23. The second-order valence-corrected chi connectivity index (χ2v) is 11.6. The van der Waals surface area contributed by atoms with Crippen molar-refractivity contribution in [2.24, 2.45) is 0 Å². The van der Waals surface area contributed by atoms with Gasteiger partial charge in [0, 0.05) is 40.1 Å². The number of hydrogen-bond acceptors (Lipinski definition) is 5. The van der Waals surface area contributed by atoms with E-state index in [4.69, 9.17) is 4.74 Å². The Morgan fingerprint density at radius 3 is 2.51 bits per heavy atom. The average molecular weight is 543 g/mol. The molecule has 2 heterocycles. The number of carbonyl (C=O) groups is 1. The number of aryl methyl sites for hydroxylation is 1. The monoisotopic (exact) mass is 542 g/mol. The lowest BCUT2D eigenvalue weighted by molar-refractivity contribution is 0.112. The van der Waals surface area contributed by atoms with Gasteiger partial charge in [0.1, 0.15) is 0 Å². The minimum absolute atomic E-state index is 0.207. The molecule has 1 atom stereocenters. The van der Waals surface area contributed by atoms with E-state index < -0.39 is 0 Å². The molecular formula is C33H38N2O3S. The number of nitrogens with zero attached hydrogens (tertiary/aromatic N) is 1. The maximum Gasteiger partial charge on any atom is 0.200 e. The molecule has 5 nitrogen and oxygen atoms in total. The van der Waals surface area contributed by atoms with Crippen molar-refractivity contribution in [3.05, 3.63) is 86.5 Å². The molecule has 204 valence electrons. The number of methoxy groups -OCH3 is 1. The second-order valence-electron chi connectivity index (χ2n) is 10.5. The summed E-state index contributed by atoms with van der Waals surface area (Å²) in [7, 11) is 1.67. The Bertz CT molecular complexity index is 1500. The number of aromatic nitrogens is 1. The van der Waals surface area contributed by atoms with Gasteiger partial charge in [0.2, 0.25) is 0 Å². The Balaban J connectivity index is 0.000000723. The summed E-state index contributed by atoms with van der Waals surface area (Å²) < 4.78 is 8.05. The van der Waals surface area contributed by atoms with Gasteiger partial charge in [0.15, 0.2) is 17.5 Å². The summed E-state index contributed by atoms with van der Waals surface area (Å²) in [5.41, 5.74) is 4.46. The molecule has 39 heavy (non-hydrogen) atoms. The maximum atomic E-state index is 13.0. The first-order chi connectivity index (χ1) is 19.1. The van der Waals surface area contributed by atoms with Crippen LogP contribution in [0.25, 0.3) is 21.3 Å². The summed E-state index contributed by atoms with van der Waals surface area (Å²) in [6.07, 6.45) is 10.5. The third-order valence-electron chi connectivity index (χ3n) is 7.72. The first kappa shape index (κ1) is 27.4. The topological polar surface area (TPSA) is 60.3 Å². The molecule has 4 aromatic rings. The van der Waals surface area contributed by atoms with Crippen molar-refractivity contribution in [3.63, 3.8) is 0 Å². The fourth-order valence-corrected chi connectivity index (χ4v) is 6.59. The Hall–Kier alpha value is -3.22. The van der Waals surface area contributed by atoms with Crippen LogP contribution in [0.2, 0.25) is 0 Å². The molecule has 0 spiro atoms. The van der Waals surface area contributed by atoms with Crippen molar-refractivity contribution in [1.29, 1.82) is 0 Å². The first-order valence-corrected chi connectivity index (χ1v) is 15.0. The van der Waals surface area contributed by atoms with Crippen molar-refractivity contribution in [2.45, 2.75) is 77.4 Å². The van der Waals surface area contributed by atoms with Gasteiger partial charge in [0.25, 0.3) is 0 Å². The zero-order valence-electron chi connectivity index (χ0n) is 23.2. The molecule has 1 unspecified atom stereocenters. The number of benzene rings is 2. The van der Waals surface area contributed by atoms with E-state index in [9.17, 15) is 9.59 Å². The molecule has 1 saturated carbocycles. The van der Waals surface area contributed by atoms with Crippen LogP contribution >= 0.6 is 11.3 Å². The maximum absolute atomic E-state index is 13.0. The summed E-state index contributed by atoms with van der Waals surface area (Å²) in [6, 6.07) is 17.3. The van der Waals surface area contributed by atoms with Crippen LogP contribution in [0.3, 0.4) is 0 Å². The van der Waals surface area contributed by atoms with Crippen LogP contribution in [0.4, 0.5) is 0 Å². The van der Waals surface area contributed by atoms with Gasteiger partial charge in [-0.3, -0.25) is 9.59 Å². The third-order valence-corrected chi connectivity index (χ3v) is 8.96. The summed E-state index contributed by atoms with van der Waals surface area (Å²) >= 11 is 1.83. The summed E-state index contributed by atoms with van der Waals surface area (Å²) in [5, 5.41) is 4.31. The van der Waals surface area contributed by atoms with Crippen molar-refractivity contribution in [2.75, 3.05) is 7.11 Å². The van der Waals surface area contributed by atoms with E-state index in [0.717, 1.165) is 53.9 Å². The molecule has 6 heteroatoms. The van der Waals surface area contributed by atoms with Gasteiger partial charge in [-0.2, -0.15) is 0 Å². The molecule has 0 saturated heterocycles. The Morgan fingerprint density at radius 1 is 1.08 bits per heavy atom. The zero-order chi connectivity index (χ0) is 27.4. The molecule has 0 aliphatic heterocycles. The minimum Gasteiger partial charge on any atom is -0.494 e. The standard InChI is InChI=1S/C29H28N2O3S.C4H10/c1-34-29-21(12-13-22-27(29)31(20-10-11-20)16-19(17-32)28(22)33)26-14-23-24(8-5-9-25(23)35-26)30-15-18-6-3-2-4-7-18;1-3-4-2/h2-4,6-7,12-14,16-17,20,24,30H,5,8-11,15H2,1H3;3-4H2,1-2H3. The fourth-order valence-electron chi connectivity index (χ4n) is 5.30. The van der Waals surface area contributed by atoms with Crippen molar-refractivity contribution < 1.29 is 9.53 Å². The Kier molecular flexibility index (Phi) is 8.63. The highest BCUT2D eigenvalue weighted by Gasteiger charge is 2.29. The van der Waals surface area contributed by atoms with E-state index >= 15 is 0 Å². The Labute approximate surface area is 234 Å². The number of pyridine rings is 1. The predicted molar refractivity (Wildman–Crippen MR) is 161 cm³/mol. The lowest BCUT2D eigenvalue weighted by atomic mass is 9.93. The van der Waals surface area contributed by atoms with E-state index in [0.29, 0.717) is 23.8 Å². The predicted octanol–water partition coefficient (Wildman–Crippen LogP) is 7.86. The van der Waals surface area contributed by atoms with Gasteiger partial charge >= 0.3 is 0 Å². The van der Waals surface area contributed by atoms with Crippen LogP contribution in [-0.2, 0) is 13.0 Å². The highest BCUT2D eigenvalue weighted by atomic mass is 32.1. The molecule has 1 fully saturated rings. The average Bonchev–Trinajstić information content (AvgIpc) is 3.73. The van der Waals surface area contributed by atoms with Gasteiger partial charge in [-0.05, 0) is 61.4 Å². The highest BCUT2D eigenvalue weighted by Crippen LogP contribution is 2.46. The van der Waals surface area contributed by atoms with Gasteiger partial charge in [-0.1, -0.05) is 57.0 Å². The van der Waals surface area contributed by atoms with Crippen LogP contribution in [0, 0.1) is 0 Å². The third kappa shape index (κ3) is 5.73. The van der Waals surface area contributed by atoms with E-state index in [1.807, 2.05) is 29.5 Å². The quantitative estimate of drug-likeness (QED) is 0.230. The van der Waals surface area contributed by atoms with Gasteiger partial charge in [-0.25, -0.2) is 0 Å². The minimum atomic E-state index is -0.229. The van der Waals surface area contributed by atoms with Crippen LogP contribution in [0.5, 0.6) is 5.75 Å². The zero-order valence-corrected chi connectivity index (χ0v) is 24.0. The van der Waals surface area contributed by atoms with Gasteiger partial charge in [0.05, 0.1) is 23.6 Å². The normalized spacial score (nSPS) is 16.3. The first-order valence-electron chi connectivity index (χ1n) is 14.2. The lowest BCUT2D eigenvalue weighted by Crippen LogP contribution is -2.23. The molecule has 2 aliphatic carbocycles. The fraction of sp³-hybridized carbons (Fsp3) is 0.394. The van der Waals surface area contributed by atoms with Gasteiger partial charge in [-0.15, -0.1) is 11.3 Å². The number of unbranched alkanes of at least 4 members (excludes halogenated alkanes) is 1. The largest absolute Gasteiger partial charge is 0.494 e. The molecule has 0 bridgehead atoms. The number of fused-ring (bicyclic) bond motifs is 2. The number of hydrogen-bond donors (Lipinski definition) is 1. The van der Waals surface area contributed by atoms with Crippen molar-refractivity contribution >= 4 is 28.5 Å². The van der Waals surface area contributed by atoms with Gasteiger partial charge < -0.3 is 14.6 Å². The van der Waals surface area contributed by atoms with Crippen LogP contribution in [-0.4, -0.2) is 18.0 Å². The smallest absolute Gasteiger partial charge is 0.200 e. The molecule has 2 aromatic heterocycles. The number of thiophene rings is 1. The molecule has 2 aromatic carbocycles. The Morgan fingerprint density at radius 2 is 1.85 bits per heavy atom. The van der Waals surface area contributed by atoms with Crippen LogP contribution in [0.15, 0.2) is 59.5 Å². The molecule has 1 N–H and O–H groups in total. The molecular weight excluding hydrogens is 504 g/mol. The second kappa shape index (κ2) is 12.3. The molecule has 0 radical (unpaired) electrons. The molecule has 0 amide bonds. The number of rotatable bonds is 8. The van der Waals surface area contributed by atoms with Crippen LogP contribution in [0.1, 0.15) is 90.8 Å². The summed E-state index contributed by atoms with van der Waals surface area (Å²) in [5.74, 6) is 0.719. The van der Waals surface area contributed by atoms with Crippen molar-refractivity contribution in [3.8, 4) is 16.2 Å². The highest BCUT2D eigenvalue weighted by molar-refractivity contribution is 7.15. The SMILES string of the molecule is CCCC.COc1c(-c2cc3c(s2)CCCC3NCc2ccccc2)ccc2c(=O)c(C=O)cn(C3CC3)c12. The van der Waals surface area contributed by atoms with E-state index in [-0.39, 0.29) is 11.0 Å². The van der Waals surface area contributed by atoms with Crippen LogP contribution < -0.4 is 15.5 Å². The summed E-state index contributed by atoms with van der Waals surface area (Å²) in [4.78, 5) is 27.1. The number of nitrogens with one attached hydrogen (secondary N) is 1. The number of aldehydes is 1. The van der Waals surface area contributed by atoms with Crippen molar-refractivity contribution in [1.82, 2.24) is 9.88 Å². The number of ether oxygens (including phenoxy) is 1. The molecule has 6 rings (SSSR count).